The van der Waals surface area contributed by atoms with Crippen LogP contribution in [0.15, 0.2) is 42.5 Å². The van der Waals surface area contributed by atoms with Crippen molar-refractivity contribution in [1.82, 2.24) is 15.5 Å². The van der Waals surface area contributed by atoms with E-state index >= 15 is 0 Å². The van der Waals surface area contributed by atoms with Crippen molar-refractivity contribution >= 4 is 35.0 Å². The summed E-state index contributed by atoms with van der Waals surface area (Å²) in [6.07, 6.45) is 4.12. The van der Waals surface area contributed by atoms with Crippen LogP contribution in [0.5, 0.6) is 5.75 Å². The van der Waals surface area contributed by atoms with Gasteiger partial charge in [-0.2, -0.15) is 0 Å². The number of nitrogens with one attached hydrogen (secondary N) is 2. The molecule has 0 aromatic heterocycles. The molecule has 2 aromatic carbocycles. The van der Waals surface area contributed by atoms with Gasteiger partial charge in [0.2, 0.25) is 5.91 Å². The number of piperidine rings is 1. The van der Waals surface area contributed by atoms with E-state index in [0.29, 0.717) is 41.4 Å². The summed E-state index contributed by atoms with van der Waals surface area (Å²) in [6.45, 7) is 3.10. The van der Waals surface area contributed by atoms with Gasteiger partial charge in [-0.05, 0) is 68.1 Å². The van der Waals surface area contributed by atoms with Crippen molar-refractivity contribution in [3.05, 3.63) is 58.6 Å². The Morgan fingerprint density at radius 2 is 1.66 bits per heavy atom. The fourth-order valence-electron chi connectivity index (χ4n) is 4.36. The first kappa shape index (κ1) is 24.9. The fourth-order valence-corrected chi connectivity index (χ4v) is 4.53. The van der Waals surface area contributed by atoms with Crippen molar-refractivity contribution < 1.29 is 19.1 Å². The van der Waals surface area contributed by atoms with Gasteiger partial charge in [0.15, 0.2) is 0 Å². The number of benzene rings is 2. The van der Waals surface area contributed by atoms with Gasteiger partial charge in [0.1, 0.15) is 12.4 Å². The number of hydrogen-bond donors (Lipinski definition) is 2. The molecule has 1 fully saturated rings. The van der Waals surface area contributed by atoms with Crippen LogP contribution in [0.25, 0.3) is 0 Å². The Morgan fingerprint density at radius 3 is 2.43 bits per heavy atom. The lowest BCUT2D eigenvalue weighted by molar-refractivity contribution is -0.121. The first-order chi connectivity index (χ1) is 17.0. The van der Waals surface area contributed by atoms with Crippen LogP contribution >= 0.6 is 11.6 Å². The molecule has 2 aliphatic heterocycles. The largest absolute Gasteiger partial charge is 0.491 e. The summed E-state index contributed by atoms with van der Waals surface area (Å²) in [4.78, 5) is 42.3. The number of halogens is 1. The van der Waals surface area contributed by atoms with E-state index in [-0.39, 0.29) is 37.4 Å². The normalized spacial score (nSPS) is 18.0. The summed E-state index contributed by atoms with van der Waals surface area (Å²) in [6, 6.07) is 12.4. The molecule has 2 N–H and O–H groups in total. The Kier molecular flexibility index (Phi) is 8.47. The molecule has 2 aliphatic rings. The molecule has 2 aromatic rings. The van der Waals surface area contributed by atoms with E-state index in [1.165, 1.54) is 24.2 Å². The topological polar surface area (TPSA) is 91.0 Å². The molecule has 0 unspecified atom stereocenters. The quantitative estimate of drug-likeness (QED) is 0.664. The van der Waals surface area contributed by atoms with Crippen LogP contribution < -0.4 is 20.3 Å². The SMILES string of the molecule is O=C1CN(C(=O)c2ccc(N3CCCCC3)cc2)CCCNC(=O)c2cc(Cl)ccc2OCCN1. The van der Waals surface area contributed by atoms with E-state index in [9.17, 15) is 14.4 Å². The van der Waals surface area contributed by atoms with Crippen molar-refractivity contribution in [3.8, 4) is 5.75 Å². The Morgan fingerprint density at radius 1 is 0.886 bits per heavy atom. The molecule has 1 saturated heterocycles. The molecule has 0 saturated carbocycles. The first-order valence-corrected chi connectivity index (χ1v) is 12.5. The van der Waals surface area contributed by atoms with Gasteiger partial charge in [-0.15, -0.1) is 0 Å². The molecule has 35 heavy (non-hydrogen) atoms. The summed E-state index contributed by atoms with van der Waals surface area (Å²) in [5.41, 5.74) is 1.99. The molecule has 186 valence electrons. The number of fused-ring (bicyclic) bond motifs is 1. The van der Waals surface area contributed by atoms with Crippen LogP contribution in [0.4, 0.5) is 5.69 Å². The molecule has 8 nitrogen and oxygen atoms in total. The molecule has 0 radical (unpaired) electrons. The third-order valence-electron chi connectivity index (χ3n) is 6.22. The van der Waals surface area contributed by atoms with Gasteiger partial charge in [-0.25, -0.2) is 0 Å². The minimum atomic E-state index is -0.297. The second-order valence-electron chi connectivity index (χ2n) is 8.77. The van der Waals surface area contributed by atoms with E-state index in [2.05, 4.69) is 15.5 Å². The molecule has 4 rings (SSSR count). The summed E-state index contributed by atoms with van der Waals surface area (Å²) in [7, 11) is 0. The monoisotopic (exact) mass is 498 g/mol. The molecule has 2 heterocycles. The highest BCUT2D eigenvalue weighted by Gasteiger charge is 2.21. The number of amides is 3. The molecule has 0 spiro atoms. The van der Waals surface area contributed by atoms with E-state index in [4.69, 9.17) is 16.3 Å². The number of nitrogens with zero attached hydrogens (tertiary/aromatic N) is 2. The van der Waals surface area contributed by atoms with Gasteiger partial charge in [0, 0.05) is 42.5 Å². The molecule has 0 bridgehead atoms. The van der Waals surface area contributed by atoms with E-state index in [0.717, 1.165) is 18.8 Å². The highest BCUT2D eigenvalue weighted by Crippen LogP contribution is 2.23. The van der Waals surface area contributed by atoms with Crippen LogP contribution in [-0.4, -0.2) is 68.5 Å². The maximum Gasteiger partial charge on any atom is 0.255 e. The van der Waals surface area contributed by atoms with Crippen molar-refractivity contribution in [2.45, 2.75) is 25.7 Å². The zero-order valence-electron chi connectivity index (χ0n) is 19.7. The Balaban J connectivity index is 1.43. The average Bonchev–Trinajstić information content (AvgIpc) is 2.88. The Hall–Kier alpha value is -3.26. The number of hydrogen-bond acceptors (Lipinski definition) is 5. The third-order valence-corrected chi connectivity index (χ3v) is 6.45. The summed E-state index contributed by atoms with van der Waals surface area (Å²) >= 11 is 6.06. The second kappa shape index (κ2) is 11.9. The molecule has 9 heteroatoms. The molecule has 0 atom stereocenters. The Bertz CT molecular complexity index is 1050. The number of ether oxygens (including phenoxy) is 1. The summed E-state index contributed by atoms with van der Waals surface area (Å²) < 4.78 is 5.69. The number of carbonyl (C=O) groups excluding carboxylic acids is 3. The van der Waals surface area contributed by atoms with Crippen molar-refractivity contribution in [1.29, 1.82) is 0 Å². The first-order valence-electron chi connectivity index (χ1n) is 12.1. The third kappa shape index (κ3) is 6.66. The van der Waals surface area contributed by atoms with Gasteiger partial charge in [-0.3, -0.25) is 14.4 Å². The van der Waals surface area contributed by atoms with Gasteiger partial charge in [0.25, 0.3) is 11.8 Å². The van der Waals surface area contributed by atoms with Crippen molar-refractivity contribution in [3.63, 3.8) is 0 Å². The van der Waals surface area contributed by atoms with Crippen molar-refractivity contribution in [2.24, 2.45) is 0 Å². The smallest absolute Gasteiger partial charge is 0.255 e. The highest BCUT2D eigenvalue weighted by molar-refractivity contribution is 6.31. The van der Waals surface area contributed by atoms with Crippen LogP contribution in [0.1, 0.15) is 46.4 Å². The van der Waals surface area contributed by atoms with Crippen LogP contribution in [0.2, 0.25) is 5.02 Å². The maximum atomic E-state index is 13.2. The van der Waals surface area contributed by atoms with Gasteiger partial charge in [-0.1, -0.05) is 11.6 Å². The predicted molar refractivity (Wildman–Crippen MR) is 135 cm³/mol. The number of rotatable bonds is 2. The van der Waals surface area contributed by atoms with Gasteiger partial charge >= 0.3 is 0 Å². The lowest BCUT2D eigenvalue weighted by atomic mass is 10.1. The fraction of sp³-hybridized carbons (Fsp3) is 0.423. The zero-order valence-corrected chi connectivity index (χ0v) is 20.5. The predicted octanol–water partition coefficient (Wildman–Crippen LogP) is 3.10. The molecular formula is C26H31ClN4O4. The minimum Gasteiger partial charge on any atom is -0.491 e. The highest BCUT2D eigenvalue weighted by atomic mass is 35.5. The van der Waals surface area contributed by atoms with E-state index in [1.807, 2.05) is 24.3 Å². The van der Waals surface area contributed by atoms with Crippen LogP contribution in [0, 0.1) is 0 Å². The average molecular weight is 499 g/mol. The Labute approximate surface area is 210 Å². The second-order valence-corrected chi connectivity index (χ2v) is 9.21. The summed E-state index contributed by atoms with van der Waals surface area (Å²) in [5.74, 6) is -0.362. The van der Waals surface area contributed by atoms with Gasteiger partial charge in [0.05, 0.1) is 18.7 Å². The van der Waals surface area contributed by atoms with Crippen LogP contribution in [-0.2, 0) is 4.79 Å². The molecule has 3 amide bonds. The van der Waals surface area contributed by atoms with Crippen molar-refractivity contribution in [2.75, 3.05) is 50.8 Å². The number of carbonyl (C=O) groups is 3. The molecule has 0 aliphatic carbocycles. The lowest BCUT2D eigenvalue weighted by Gasteiger charge is -2.29. The summed E-state index contributed by atoms with van der Waals surface area (Å²) in [5, 5.41) is 6.07. The van der Waals surface area contributed by atoms with Gasteiger partial charge < -0.3 is 25.2 Å². The van der Waals surface area contributed by atoms with Crippen LogP contribution in [0.3, 0.4) is 0 Å². The van der Waals surface area contributed by atoms with E-state index in [1.54, 1.807) is 18.2 Å². The zero-order chi connectivity index (χ0) is 24.6. The maximum absolute atomic E-state index is 13.2. The number of anilines is 1. The minimum absolute atomic E-state index is 0.0626. The standard InChI is InChI=1S/C26H31ClN4O4/c27-20-7-10-23-22(17-20)25(33)29-11-4-15-31(18-24(32)28-12-16-35-23)26(34)19-5-8-21(9-6-19)30-13-2-1-3-14-30/h5-10,17H,1-4,11-16,18H2,(H,28,32)(H,29,33). The van der Waals surface area contributed by atoms with E-state index < -0.39 is 0 Å². The molecular weight excluding hydrogens is 468 g/mol. The lowest BCUT2D eigenvalue weighted by Crippen LogP contribution is -2.43.